The van der Waals surface area contributed by atoms with Gasteiger partial charge in [-0.3, -0.25) is 9.59 Å². The maximum absolute atomic E-state index is 12.6. The molecular formula is C20H15ClN2O3. The van der Waals surface area contributed by atoms with Crippen LogP contribution in [-0.2, 0) is 9.59 Å². The van der Waals surface area contributed by atoms with Gasteiger partial charge >= 0.3 is 0 Å². The van der Waals surface area contributed by atoms with E-state index in [4.69, 9.17) is 16.0 Å². The van der Waals surface area contributed by atoms with Crippen molar-refractivity contribution < 1.29 is 14.0 Å². The summed E-state index contributed by atoms with van der Waals surface area (Å²) >= 11 is 6.00. The van der Waals surface area contributed by atoms with Gasteiger partial charge in [-0.2, -0.15) is 10.1 Å². The highest BCUT2D eigenvalue weighted by Gasteiger charge is 2.59. The van der Waals surface area contributed by atoms with Crippen molar-refractivity contribution >= 4 is 29.6 Å². The van der Waals surface area contributed by atoms with Crippen molar-refractivity contribution in [2.24, 2.45) is 28.8 Å². The Balaban J connectivity index is 1.37. The fraction of sp³-hybridized carbons (Fsp3) is 0.250. The van der Waals surface area contributed by atoms with Gasteiger partial charge in [-0.05, 0) is 42.5 Å². The van der Waals surface area contributed by atoms with E-state index in [1.165, 1.54) is 6.21 Å². The molecule has 0 N–H and O–H groups in total. The van der Waals surface area contributed by atoms with Crippen LogP contribution in [-0.4, -0.2) is 23.0 Å². The van der Waals surface area contributed by atoms with Crippen LogP contribution in [0.4, 0.5) is 0 Å². The molecule has 2 aromatic rings. The lowest BCUT2D eigenvalue weighted by molar-refractivity contribution is -0.140. The van der Waals surface area contributed by atoms with Crippen LogP contribution in [0.25, 0.3) is 11.3 Å². The molecule has 0 spiro atoms. The average molecular weight is 367 g/mol. The summed E-state index contributed by atoms with van der Waals surface area (Å²) in [4.78, 5) is 25.2. The molecule has 2 bridgehead atoms. The second kappa shape index (κ2) is 5.68. The van der Waals surface area contributed by atoms with E-state index in [0.717, 1.165) is 17.0 Å². The van der Waals surface area contributed by atoms with Crippen molar-refractivity contribution in [2.75, 3.05) is 0 Å². The van der Waals surface area contributed by atoms with Crippen LogP contribution in [0.5, 0.6) is 0 Å². The highest BCUT2D eigenvalue weighted by Crippen LogP contribution is 2.52. The largest absolute Gasteiger partial charge is 0.455 e. The van der Waals surface area contributed by atoms with E-state index in [2.05, 4.69) is 17.3 Å². The summed E-state index contributed by atoms with van der Waals surface area (Å²) in [6.07, 6.45) is 6.45. The number of halogens is 1. The number of rotatable bonds is 3. The van der Waals surface area contributed by atoms with Crippen LogP contribution >= 0.6 is 11.6 Å². The van der Waals surface area contributed by atoms with Gasteiger partial charge in [-0.25, -0.2) is 0 Å². The number of carbonyl (C=O) groups is 2. The SMILES string of the molecule is O=C1[C@@H]2[C@@H](C(=O)N1/N=C\c1ccc(-c3cccc(Cl)c3)o1)[C@H]1C=C[C@H]2C1. The van der Waals surface area contributed by atoms with Gasteiger partial charge in [0, 0.05) is 10.6 Å². The van der Waals surface area contributed by atoms with E-state index in [-0.39, 0.29) is 35.5 Å². The minimum Gasteiger partial charge on any atom is -0.455 e. The van der Waals surface area contributed by atoms with Gasteiger partial charge in [0.05, 0.1) is 18.1 Å². The van der Waals surface area contributed by atoms with Crippen molar-refractivity contribution in [3.05, 3.63) is 59.3 Å². The van der Waals surface area contributed by atoms with E-state index >= 15 is 0 Å². The van der Waals surface area contributed by atoms with Crippen molar-refractivity contribution in [1.82, 2.24) is 5.01 Å². The monoisotopic (exact) mass is 366 g/mol. The third-order valence-corrected chi connectivity index (χ3v) is 5.72. The van der Waals surface area contributed by atoms with Gasteiger partial charge in [-0.15, -0.1) is 0 Å². The first-order valence-electron chi connectivity index (χ1n) is 8.58. The molecule has 2 fully saturated rings. The molecular weight excluding hydrogens is 352 g/mol. The van der Waals surface area contributed by atoms with Gasteiger partial charge in [0.25, 0.3) is 11.8 Å². The number of hydrogen-bond acceptors (Lipinski definition) is 4. The zero-order chi connectivity index (χ0) is 17.8. The number of carbonyl (C=O) groups excluding carboxylic acids is 2. The molecule has 1 saturated carbocycles. The number of nitrogens with zero attached hydrogens (tertiary/aromatic N) is 2. The summed E-state index contributed by atoms with van der Waals surface area (Å²) in [5, 5.41) is 5.76. The molecule has 1 aromatic carbocycles. The minimum atomic E-state index is -0.242. The molecule has 2 amide bonds. The predicted octanol–water partition coefficient (Wildman–Crippen LogP) is 3.74. The molecule has 1 aliphatic heterocycles. The van der Waals surface area contributed by atoms with E-state index in [0.29, 0.717) is 16.5 Å². The van der Waals surface area contributed by atoms with Gasteiger partial charge < -0.3 is 4.42 Å². The predicted molar refractivity (Wildman–Crippen MR) is 96.3 cm³/mol. The Morgan fingerprint density at radius 3 is 2.50 bits per heavy atom. The Bertz CT molecular complexity index is 947. The number of furan rings is 1. The fourth-order valence-electron chi connectivity index (χ4n) is 4.33. The van der Waals surface area contributed by atoms with Crippen LogP contribution in [0.15, 0.2) is 58.1 Å². The molecule has 6 heteroatoms. The van der Waals surface area contributed by atoms with Crippen LogP contribution in [0.2, 0.25) is 5.02 Å². The van der Waals surface area contributed by atoms with Crippen molar-refractivity contribution in [2.45, 2.75) is 6.42 Å². The molecule has 26 heavy (non-hydrogen) atoms. The number of benzene rings is 1. The molecule has 3 aliphatic rings. The molecule has 2 aliphatic carbocycles. The smallest absolute Gasteiger partial charge is 0.254 e. The molecule has 5 rings (SSSR count). The second-order valence-corrected chi connectivity index (χ2v) is 7.38. The molecule has 5 nitrogen and oxygen atoms in total. The number of imide groups is 1. The van der Waals surface area contributed by atoms with Crippen LogP contribution < -0.4 is 0 Å². The quantitative estimate of drug-likeness (QED) is 0.472. The number of amides is 2. The lowest BCUT2D eigenvalue weighted by Gasteiger charge is -2.13. The van der Waals surface area contributed by atoms with Gasteiger partial charge in [-0.1, -0.05) is 35.9 Å². The fourth-order valence-corrected chi connectivity index (χ4v) is 4.52. The van der Waals surface area contributed by atoms with Gasteiger partial charge in [0.2, 0.25) is 0 Å². The first kappa shape index (κ1) is 15.6. The first-order chi connectivity index (χ1) is 12.6. The standard InChI is InChI=1S/C20H15ClN2O3/c21-14-3-1-2-11(9-14)16-7-6-15(26-16)10-22-23-19(24)17-12-4-5-13(8-12)18(17)20(23)25/h1-7,9-10,12-13,17-18H,8H2/b22-10-/t12-,13-,17-,18-/m0/s1. The number of hydrazone groups is 1. The van der Waals surface area contributed by atoms with Gasteiger partial charge in [0.1, 0.15) is 11.5 Å². The van der Waals surface area contributed by atoms with E-state index in [1.807, 2.05) is 12.1 Å². The average Bonchev–Trinajstić information content (AvgIpc) is 3.39. The Kier molecular flexibility index (Phi) is 3.40. The summed E-state index contributed by atoms with van der Waals surface area (Å²) in [5.41, 5.74) is 0.850. The molecule has 0 unspecified atom stereocenters. The zero-order valence-electron chi connectivity index (χ0n) is 13.7. The van der Waals surface area contributed by atoms with Crippen LogP contribution in [0, 0.1) is 23.7 Å². The highest BCUT2D eigenvalue weighted by molar-refractivity contribution is 6.30. The van der Waals surface area contributed by atoms with Crippen molar-refractivity contribution in [3.8, 4) is 11.3 Å². The number of hydrogen-bond donors (Lipinski definition) is 0. The maximum Gasteiger partial charge on any atom is 0.254 e. The summed E-state index contributed by atoms with van der Waals surface area (Å²) in [6.45, 7) is 0. The number of fused-ring (bicyclic) bond motifs is 5. The van der Waals surface area contributed by atoms with Crippen molar-refractivity contribution in [1.29, 1.82) is 0 Å². The molecule has 1 saturated heterocycles. The van der Waals surface area contributed by atoms with Crippen LogP contribution in [0.3, 0.4) is 0 Å². The lowest BCUT2D eigenvalue weighted by Crippen LogP contribution is -2.28. The topological polar surface area (TPSA) is 62.9 Å². The Hall–Kier alpha value is -2.66. The molecule has 2 heterocycles. The van der Waals surface area contributed by atoms with E-state index in [9.17, 15) is 9.59 Å². The highest BCUT2D eigenvalue weighted by atomic mass is 35.5. The summed E-state index contributed by atoms with van der Waals surface area (Å²) < 4.78 is 5.73. The minimum absolute atomic E-state index is 0.180. The Morgan fingerprint density at radius 2 is 1.81 bits per heavy atom. The molecule has 1 aromatic heterocycles. The van der Waals surface area contributed by atoms with Crippen LogP contribution in [0.1, 0.15) is 12.2 Å². The van der Waals surface area contributed by atoms with E-state index in [1.54, 1.807) is 24.3 Å². The normalized spacial score (nSPS) is 29.3. The molecule has 4 atom stereocenters. The lowest BCUT2D eigenvalue weighted by atomic mass is 9.85. The first-order valence-corrected chi connectivity index (χ1v) is 8.95. The zero-order valence-corrected chi connectivity index (χ0v) is 14.5. The van der Waals surface area contributed by atoms with E-state index < -0.39 is 0 Å². The molecule has 130 valence electrons. The Labute approximate surface area is 154 Å². The maximum atomic E-state index is 12.6. The molecule has 0 radical (unpaired) electrons. The second-order valence-electron chi connectivity index (χ2n) is 6.95. The van der Waals surface area contributed by atoms with Crippen molar-refractivity contribution in [3.63, 3.8) is 0 Å². The third-order valence-electron chi connectivity index (χ3n) is 5.48. The summed E-state index contributed by atoms with van der Waals surface area (Å²) in [5.74, 6) is 0.594. The third kappa shape index (κ3) is 2.27. The Morgan fingerprint density at radius 1 is 1.08 bits per heavy atom. The van der Waals surface area contributed by atoms with Gasteiger partial charge in [0.15, 0.2) is 0 Å². The number of allylic oxidation sites excluding steroid dienone is 2. The summed E-state index contributed by atoms with van der Waals surface area (Å²) in [6, 6.07) is 10.9. The summed E-state index contributed by atoms with van der Waals surface area (Å²) in [7, 11) is 0.